The maximum absolute atomic E-state index is 7.32. The molecule has 0 aliphatic rings. The van der Waals surface area contributed by atoms with Crippen molar-refractivity contribution in [2.75, 3.05) is 5.73 Å². The van der Waals surface area contributed by atoms with E-state index in [0.717, 1.165) is 5.69 Å². The number of hydrogen-bond donors (Lipinski definition) is 1. The van der Waals surface area contributed by atoms with Crippen LogP contribution in [0, 0.1) is 11.3 Å². The van der Waals surface area contributed by atoms with Gasteiger partial charge in [0.1, 0.15) is 0 Å². The van der Waals surface area contributed by atoms with Gasteiger partial charge in [-0.05, 0) is 12.1 Å². The van der Waals surface area contributed by atoms with Gasteiger partial charge >= 0.3 is 0 Å². The monoisotopic (exact) mass is 134 g/mol. The Morgan fingerprint density at radius 2 is 1.70 bits per heavy atom. The number of nitrogen functional groups attached to an aromatic ring is 1. The lowest BCUT2D eigenvalue weighted by Crippen LogP contribution is -1.79. The second-order valence-corrected chi connectivity index (χ2v) is 1.63. The first-order valence-electron chi connectivity index (χ1n) is 2.92. The van der Waals surface area contributed by atoms with Gasteiger partial charge in [-0.2, -0.15) is 5.26 Å². The number of benzene rings is 1. The first kappa shape index (κ1) is 8.51. The van der Waals surface area contributed by atoms with Gasteiger partial charge in [-0.25, -0.2) is 0 Å². The zero-order valence-corrected chi connectivity index (χ0v) is 5.91. The molecular formula is C8H10N2. The first-order valence-corrected chi connectivity index (χ1v) is 2.92. The zero-order valence-electron chi connectivity index (χ0n) is 5.91. The summed E-state index contributed by atoms with van der Waals surface area (Å²) >= 11 is 0. The van der Waals surface area contributed by atoms with E-state index in [1.807, 2.05) is 30.3 Å². The normalized spacial score (nSPS) is 6.80. The number of rotatable bonds is 0. The molecule has 0 amide bonds. The molecule has 10 heavy (non-hydrogen) atoms. The molecule has 0 bridgehead atoms. The Hall–Kier alpha value is -1.49. The van der Waals surface area contributed by atoms with Crippen molar-refractivity contribution in [1.29, 1.82) is 5.26 Å². The summed E-state index contributed by atoms with van der Waals surface area (Å²) in [6, 6.07) is 11.2. The van der Waals surface area contributed by atoms with Crippen molar-refractivity contribution in [3.63, 3.8) is 0 Å². The highest BCUT2D eigenvalue weighted by molar-refractivity contribution is 5.35. The summed E-state index contributed by atoms with van der Waals surface area (Å²) in [6.45, 7) is 1.43. The molecule has 0 unspecified atom stereocenters. The average Bonchev–Trinajstić information content (AvgIpc) is 1.91. The summed E-state index contributed by atoms with van der Waals surface area (Å²) in [4.78, 5) is 0. The van der Waals surface area contributed by atoms with Gasteiger partial charge in [0.15, 0.2) is 0 Å². The summed E-state index contributed by atoms with van der Waals surface area (Å²) in [6.07, 6.45) is 0. The molecule has 1 rings (SSSR count). The van der Waals surface area contributed by atoms with Gasteiger partial charge in [0.2, 0.25) is 0 Å². The van der Waals surface area contributed by atoms with E-state index in [9.17, 15) is 0 Å². The molecule has 52 valence electrons. The number of nitrogens with two attached hydrogens (primary N) is 1. The van der Waals surface area contributed by atoms with Gasteiger partial charge in [0, 0.05) is 12.6 Å². The molecule has 0 aliphatic carbocycles. The molecule has 0 saturated heterocycles. The lowest BCUT2D eigenvalue weighted by Gasteiger charge is -1.83. The van der Waals surface area contributed by atoms with Crippen molar-refractivity contribution < 1.29 is 0 Å². The summed E-state index contributed by atoms with van der Waals surface area (Å²) in [5.74, 6) is 0. The minimum Gasteiger partial charge on any atom is -0.399 e. The Morgan fingerprint density at radius 3 is 1.90 bits per heavy atom. The molecule has 0 aliphatic heterocycles. The highest BCUT2D eigenvalue weighted by Crippen LogP contribution is 1.95. The first-order chi connectivity index (χ1) is 4.81. The van der Waals surface area contributed by atoms with Crippen molar-refractivity contribution in [1.82, 2.24) is 0 Å². The standard InChI is InChI=1S/C6H7N.C2H3N/c7-6-4-2-1-3-5-6;1-2-3/h1-5H,7H2;1H3. The van der Waals surface area contributed by atoms with Crippen molar-refractivity contribution in [2.45, 2.75) is 6.92 Å². The molecule has 2 N–H and O–H groups in total. The molecular weight excluding hydrogens is 124 g/mol. The second kappa shape index (κ2) is 5.64. The van der Waals surface area contributed by atoms with E-state index >= 15 is 0 Å². The number of para-hydroxylation sites is 1. The van der Waals surface area contributed by atoms with Gasteiger partial charge < -0.3 is 5.73 Å². The fourth-order valence-corrected chi connectivity index (χ4v) is 0.453. The van der Waals surface area contributed by atoms with Gasteiger partial charge in [-0.3, -0.25) is 0 Å². The van der Waals surface area contributed by atoms with Crippen LogP contribution in [0.2, 0.25) is 0 Å². The van der Waals surface area contributed by atoms with Crippen LogP contribution in [0.5, 0.6) is 0 Å². The predicted molar refractivity (Wildman–Crippen MR) is 42.1 cm³/mol. The van der Waals surface area contributed by atoms with Crippen LogP contribution in [-0.4, -0.2) is 0 Å². The van der Waals surface area contributed by atoms with Crippen LogP contribution < -0.4 is 5.73 Å². The van der Waals surface area contributed by atoms with Gasteiger partial charge in [-0.1, -0.05) is 18.2 Å². The van der Waals surface area contributed by atoms with Crippen LogP contribution in [0.15, 0.2) is 30.3 Å². The van der Waals surface area contributed by atoms with E-state index in [4.69, 9.17) is 11.0 Å². The van der Waals surface area contributed by atoms with Crippen LogP contribution in [0.4, 0.5) is 5.69 Å². The lowest BCUT2D eigenvalue weighted by atomic mass is 10.3. The molecule has 0 fully saturated rings. The Labute approximate surface area is 60.9 Å². The van der Waals surface area contributed by atoms with E-state index < -0.39 is 0 Å². The van der Waals surface area contributed by atoms with Gasteiger partial charge in [-0.15, -0.1) is 0 Å². The molecule has 2 nitrogen and oxygen atoms in total. The third-order valence-corrected chi connectivity index (χ3v) is 0.800. The molecule has 2 heteroatoms. The molecule has 0 saturated carbocycles. The number of nitrogens with zero attached hydrogens (tertiary/aromatic N) is 1. The minimum atomic E-state index is 0.822. The number of anilines is 1. The van der Waals surface area contributed by atoms with Crippen LogP contribution in [-0.2, 0) is 0 Å². The summed E-state index contributed by atoms with van der Waals surface area (Å²) in [7, 11) is 0. The van der Waals surface area contributed by atoms with Crippen LogP contribution >= 0.6 is 0 Å². The van der Waals surface area contributed by atoms with E-state index in [2.05, 4.69) is 0 Å². The maximum Gasteiger partial charge on any atom is 0.0587 e. The summed E-state index contributed by atoms with van der Waals surface area (Å²) in [5.41, 5.74) is 6.18. The van der Waals surface area contributed by atoms with Crippen molar-refractivity contribution in [3.05, 3.63) is 30.3 Å². The zero-order chi connectivity index (χ0) is 7.82. The molecule has 0 atom stereocenters. The van der Waals surface area contributed by atoms with Gasteiger partial charge in [0.05, 0.1) is 6.07 Å². The van der Waals surface area contributed by atoms with Crippen LogP contribution in [0.3, 0.4) is 0 Å². The Balaban J connectivity index is 0.000000236. The molecule has 0 spiro atoms. The fourth-order valence-electron chi connectivity index (χ4n) is 0.453. The molecule has 1 aromatic carbocycles. The second-order valence-electron chi connectivity index (χ2n) is 1.63. The molecule has 0 aromatic heterocycles. The number of nitriles is 1. The smallest absolute Gasteiger partial charge is 0.0587 e. The lowest BCUT2D eigenvalue weighted by molar-refractivity contribution is 1.49. The molecule has 1 aromatic rings. The molecule has 0 radical (unpaired) electrons. The van der Waals surface area contributed by atoms with Crippen LogP contribution in [0.25, 0.3) is 0 Å². The van der Waals surface area contributed by atoms with E-state index in [1.165, 1.54) is 6.92 Å². The van der Waals surface area contributed by atoms with Crippen molar-refractivity contribution in [2.24, 2.45) is 0 Å². The predicted octanol–water partition coefficient (Wildman–Crippen LogP) is 1.80. The topological polar surface area (TPSA) is 49.8 Å². The summed E-state index contributed by atoms with van der Waals surface area (Å²) < 4.78 is 0. The Kier molecular flexibility index (Phi) is 4.80. The highest BCUT2D eigenvalue weighted by atomic mass is 14.5. The molecule has 0 heterocycles. The summed E-state index contributed by atoms with van der Waals surface area (Å²) in [5, 5.41) is 7.32. The Bertz CT molecular complexity index is 198. The third-order valence-electron chi connectivity index (χ3n) is 0.800. The maximum atomic E-state index is 7.32. The van der Waals surface area contributed by atoms with E-state index in [1.54, 1.807) is 6.07 Å². The largest absolute Gasteiger partial charge is 0.399 e. The van der Waals surface area contributed by atoms with Crippen LogP contribution in [0.1, 0.15) is 6.92 Å². The van der Waals surface area contributed by atoms with Gasteiger partial charge in [0.25, 0.3) is 0 Å². The SMILES string of the molecule is CC#N.Nc1ccccc1. The minimum absolute atomic E-state index is 0.822. The van der Waals surface area contributed by atoms with Crippen molar-refractivity contribution >= 4 is 5.69 Å². The quantitative estimate of drug-likeness (QED) is 0.550. The Morgan fingerprint density at radius 1 is 1.30 bits per heavy atom. The van der Waals surface area contributed by atoms with E-state index in [0.29, 0.717) is 0 Å². The highest BCUT2D eigenvalue weighted by Gasteiger charge is 1.72. The average molecular weight is 134 g/mol. The van der Waals surface area contributed by atoms with E-state index in [-0.39, 0.29) is 0 Å². The number of hydrogen-bond acceptors (Lipinski definition) is 2. The fraction of sp³-hybridized carbons (Fsp3) is 0.125. The van der Waals surface area contributed by atoms with Crippen molar-refractivity contribution in [3.8, 4) is 6.07 Å². The third kappa shape index (κ3) is 4.66.